The molecule has 0 spiro atoms. The van der Waals surface area contributed by atoms with Crippen LogP contribution >= 0.6 is 34.3 Å². The Morgan fingerprint density at radius 3 is 2.89 bits per heavy atom. The Labute approximate surface area is 171 Å². The maximum atomic E-state index is 13.1. The fraction of sp³-hybridized carbons (Fsp3) is 0.400. The lowest BCUT2D eigenvalue weighted by atomic mass is 10.1. The van der Waals surface area contributed by atoms with E-state index < -0.39 is 0 Å². The third-order valence-corrected chi connectivity index (χ3v) is 7.17. The summed E-state index contributed by atoms with van der Waals surface area (Å²) in [6, 6.07) is 7.99. The number of halogens is 1. The Hall–Kier alpha value is -1.47. The first-order valence-electron chi connectivity index (χ1n) is 9.03. The number of thiazole rings is 1. The minimum Gasteiger partial charge on any atom is -0.376 e. The van der Waals surface area contributed by atoms with Crippen molar-refractivity contribution in [3.8, 4) is 0 Å². The molecule has 0 N–H and O–H groups in total. The maximum absolute atomic E-state index is 13.1. The lowest BCUT2D eigenvalue weighted by Crippen LogP contribution is -2.38. The van der Waals surface area contributed by atoms with Crippen molar-refractivity contribution in [1.29, 1.82) is 0 Å². The van der Waals surface area contributed by atoms with Gasteiger partial charge in [-0.05, 0) is 56.0 Å². The van der Waals surface area contributed by atoms with Crippen LogP contribution in [-0.4, -0.2) is 30.1 Å². The normalized spacial score (nSPS) is 16.9. The van der Waals surface area contributed by atoms with E-state index >= 15 is 0 Å². The number of benzene rings is 1. The van der Waals surface area contributed by atoms with Crippen LogP contribution in [-0.2, 0) is 16.0 Å². The number of carbonyl (C=O) groups is 1. The summed E-state index contributed by atoms with van der Waals surface area (Å²) < 4.78 is 7.63. The van der Waals surface area contributed by atoms with Gasteiger partial charge in [-0.2, -0.15) is 0 Å². The molecule has 4 rings (SSSR count). The quantitative estimate of drug-likeness (QED) is 0.556. The van der Waals surface area contributed by atoms with Crippen LogP contribution in [0.25, 0.3) is 10.2 Å². The summed E-state index contributed by atoms with van der Waals surface area (Å²) in [5, 5.41) is 0.752. The molecule has 1 saturated heterocycles. The zero-order valence-corrected chi connectivity index (χ0v) is 17.7. The molecular formula is C20H21ClN2O2S2. The van der Waals surface area contributed by atoms with Gasteiger partial charge in [0.1, 0.15) is 0 Å². The van der Waals surface area contributed by atoms with Crippen LogP contribution in [0.15, 0.2) is 24.3 Å². The van der Waals surface area contributed by atoms with Crippen LogP contribution in [0.2, 0.25) is 4.34 Å². The molecule has 0 bridgehead atoms. The zero-order valence-electron chi connectivity index (χ0n) is 15.3. The average molecular weight is 421 g/mol. The molecule has 7 heteroatoms. The molecule has 1 aromatic carbocycles. The molecule has 0 saturated carbocycles. The molecule has 27 heavy (non-hydrogen) atoms. The van der Waals surface area contributed by atoms with Crippen LogP contribution in [0, 0.1) is 13.8 Å². The molecule has 0 aliphatic carbocycles. The number of anilines is 1. The summed E-state index contributed by atoms with van der Waals surface area (Å²) >= 11 is 9.06. The number of carbonyl (C=O) groups excluding carboxylic acids is 1. The van der Waals surface area contributed by atoms with Crippen molar-refractivity contribution in [2.24, 2.45) is 0 Å². The Kier molecular flexibility index (Phi) is 5.50. The molecule has 1 amide bonds. The van der Waals surface area contributed by atoms with Crippen LogP contribution in [0.3, 0.4) is 0 Å². The fourth-order valence-electron chi connectivity index (χ4n) is 3.45. The molecule has 3 heterocycles. The van der Waals surface area contributed by atoms with Crippen molar-refractivity contribution in [3.63, 3.8) is 0 Å². The number of aryl methyl sites for hydroxylation is 2. The van der Waals surface area contributed by atoms with Crippen molar-refractivity contribution >= 4 is 55.5 Å². The van der Waals surface area contributed by atoms with Crippen LogP contribution in [0.1, 0.15) is 28.8 Å². The SMILES string of the molecule is Cc1cc(C)c2sc(N(CC3CCCO3)C(=O)Cc3ccc(Cl)s3)nc2c1. The van der Waals surface area contributed by atoms with Gasteiger partial charge in [0.15, 0.2) is 5.13 Å². The van der Waals surface area contributed by atoms with Crippen molar-refractivity contribution in [2.45, 2.75) is 39.2 Å². The zero-order chi connectivity index (χ0) is 19.0. The minimum atomic E-state index is 0.0393. The van der Waals surface area contributed by atoms with Gasteiger partial charge in [0.05, 0.1) is 33.6 Å². The Balaban J connectivity index is 1.66. The standard InChI is InChI=1S/C20H21ClN2O2S2/c1-12-8-13(2)19-16(9-12)22-20(27-19)23(11-14-4-3-7-25-14)18(24)10-15-5-6-17(21)26-15/h5-6,8-9,14H,3-4,7,10-11H2,1-2H3. The number of hydrogen-bond acceptors (Lipinski definition) is 5. The lowest BCUT2D eigenvalue weighted by Gasteiger charge is -2.22. The minimum absolute atomic E-state index is 0.0393. The molecule has 1 unspecified atom stereocenters. The Bertz CT molecular complexity index is 976. The molecule has 1 aliphatic heterocycles. The molecule has 3 aromatic rings. The van der Waals surface area contributed by atoms with E-state index in [1.807, 2.05) is 17.0 Å². The van der Waals surface area contributed by atoms with E-state index in [1.54, 1.807) is 11.3 Å². The first-order chi connectivity index (χ1) is 13.0. The first-order valence-corrected chi connectivity index (χ1v) is 11.0. The van der Waals surface area contributed by atoms with Gasteiger partial charge in [0.2, 0.25) is 5.91 Å². The number of rotatable bonds is 5. The van der Waals surface area contributed by atoms with Gasteiger partial charge >= 0.3 is 0 Å². The van der Waals surface area contributed by atoms with Gasteiger partial charge in [-0.3, -0.25) is 9.69 Å². The van der Waals surface area contributed by atoms with Gasteiger partial charge in [-0.25, -0.2) is 4.98 Å². The maximum Gasteiger partial charge on any atom is 0.234 e. The van der Waals surface area contributed by atoms with E-state index in [1.165, 1.54) is 22.5 Å². The molecule has 1 fully saturated rings. The van der Waals surface area contributed by atoms with Gasteiger partial charge in [0.25, 0.3) is 0 Å². The average Bonchev–Trinajstić information content (AvgIpc) is 3.33. The summed E-state index contributed by atoms with van der Waals surface area (Å²) in [5.74, 6) is 0.0393. The number of hydrogen-bond donors (Lipinski definition) is 0. The van der Waals surface area contributed by atoms with Gasteiger partial charge in [-0.15, -0.1) is 11.3 Å². The molecule has 2 aromatic heterocycles. The van der Waals surface area contributed by atoms with Crippen LogP contribution < -0.4 is 4.90 Å². The number of ether oxygens (including phenoxy) is 1. The lowest BCUT2D eigenvalue weighted by molar-refractivity contribution is -0.118. The summed E-state index contributed by atoms with van der Waals surface area (Å²) in [6.45, 7) is 5.49. The van der Waals surface area contributed by atoms with Gasteiger partial charge in [-0.1, -0.05) is 29.0 Å². The third kappa shape index (κ3) is 4.19. The number of amides is 1. The fourth-order valence-corrected chi connectivity index (χ4v) is 5.57. The molecule has 0 radical (unpaired) electrons. The number of nitrogens with zero attached hydrogens (tertiary/aromatic N) is 2. The molecular weight excluding hydrogens is 400 g/mol. The van der Waals surface area contributed by atoms with E-state index in [2.05, 4.69) is 26.0 Å². The van der Waals surface area contributed by atoms with Gasteiger partial charge < -0.3 is 4.74 Å². The van der Waals surface area contributed by atoms with Crippen LogP contribution in [0.4, 0.5) is 5.13 Å². The summed E-state index contributed by atoms with van der Waals surface area (Å²) in [7, 11) is 0. The highest BCUT2D eigenvalue weighted by Gasteiger charge is 2.26. The van der Waals surface area contributed by atoms with Crippen molar-refractivity contribution in [3.05, 3.63) is 44.6 Å². The number of fused-ring (bicyclic) bond motifs is 1. The van der Waals surface area contributed by atoms with Crippen molar-refractivity contribution in [2.75, 3.05) is 18.1 Å². The third-order valence-electron chi connectivity index (χ3n) is 4.71. The van der Waals surface area contributed by atoms with Crippen molar-refractivity contribution in [1.82, 2.24) is 4.98 Å². The number of thiophene rings is 1. The largest absolute Gasteiger partial charge is 0.376 e. The van der Waals surface area contributed by atoms with E-state index in [4.69, 9.17) is 21.3 Å². The molecule has 1 aliphatic rings. The Morgan fingerprint density at radius 1 is 1.33 bits per heavy atom. The molecule has 1 atom stereocenters. The molecule has 4 nitrogen and oxygen atoms in total. The highest BCUT2D eigenvalue weighted by atomic mass is 35.5. The second-order valence-corrected chi connectivity index (χ2v) is 9.73. The highest BCUT2D eigenvalue weighted by Crippen LogP contribution is 2.33. The number of aromatic nitrogens is 1. The van der Waals surface area contributed by atoms with E-state index in [9.17, 15) is 4.79 Å². The topological polar surface area (TPSA) is 42.4 Å². The monoisotopic (exact) mass is 420 g/mol. The van der Waals surface area contributed by atoms with E-state index in [-0.39, 0.29) is 12.0 Å². The first kappa shape index (κ1) is 18.9. The Morgan fingerprint density at radius 2 is 2.19 bits per heavy atom. The van der Waals surface area contributed by atoms with Crippen LogP contribution in [0.5, 0.6) is 0 Å². The predicted octanol–water partition coefficient (Wildman–Crippen LogP) is 5.38. The predicted molar refractivity (Wildman–Crippen MR) is 113 cm³/mol. The van der Waals surface area contributed by atoms with Crippen molar-refractivity contribution < 1.29 is 9.53 Å². The summed E-state index contributed by atoms with van der Waals surface area (Å²) in [6.07, 6.45) is 2.44. The highest BCUT2D eigenvalue weighted by molar-refractivity contribution is 7.22. The van der Waals surface area contributed by atoms with Gasteiger partial charge in [0, 0.05) is 11.5 Å². The van der Waals surface area contributed by atoms with E-state index in [0.717, 1.165) is 39.7 Å². The molecule has 142 valence electrons. The second-order valence-electron chi connectivity index (χ2n) is 6.95. The smallest absolute Gasteiger partial charge is 0.234 e. The summed E-state index contributed by atoms with van der Waals surface area (Å²) in [4.78, 5) is 20.7. The van der Waals surface area contributed by atoms with E-state index in [0.29, 0.717) is 17.3 Å². The second kappa shape index (κ2) is 7.87. The summed E-state index contributed by atoms with van der Waals surface area (Å²) in [5.41, 5.74) is 3.34.